The van der Waals surface area contributed by atoms with Gasteiger partial charge < -0.3 is 9.47 Å². The van der Waals surface area contributed by atoms with Gasteiger partial charge in [0.05, 0.1) is 10.7 Å². The fourth-order valence-corrected chi connectivity index (χ4v) is 2.70. The number of benzene rings is 2. The number of halogens is 2. The van der Waals surface area contributed by atoms with Gasteiger partial charge in [-0.1, -0.05) is 23.2 Å². The summed E-state index contributed by atoms with van der Waals surface area (Å²) < 4.78 is 10.6. The summed E-state index contributed by atoms with van der Waals surface area (Å²) in [6.45, 7) is 0.169. The normalized spacial score (nSPS) is 12.9. The lowest BCUT2D eigenvalue weighted by Gasteiger charge is -2.01. The minimum Gasteiger partial charge on any atom is -0.454 e. The Morgan fingerprint density at radius 2 is 1.80 bits per heavy atom. The summed E-state index contributed by atoms with van der Waals surface area (Å²) >= 11 is 12.0. The number of azo groups is 1. The summed E-state index contributed by atoms with van der Waals surface area (Å²) in [4.78, 5) is 12.1. The van der Waals surface area contributed by atoms with Crippen LogP contribution in [-0.4, -0.2) is 17.0 Å². The van der Waals surface area contributed by atoms with Crippen LogP contribution in [-0.2, 0) is 0 Å². The van der Waals surface area contributed by atoms with E-state index in [4.69, 9.17) is 32.7 Å². The molecule has 0 aliphatic carbocycles. The molecule has 0 fully saturated rings. The minimum absolute atomic E-state index is 0.120. The third kappa shape index (κ3) is 2.99. The Bertz CT molecular complexity index is 1040. The summed E-state index contributed by atoms with van der Waals surface area (Å²) in [5, 5.41) is 14.2. The fourth-order valence-electron chi connectivity index (χ4n) is 2.37. The van der Waals surface area contributed by atoms with Crippen molar-refractivity contribution in [3.8, 4) is 22.8 Å². The second-order valence-corrected chi connectivity index (χ2v) is 6.01. The molecule has 126 valence electrons. The molecule has 1 aliphatic heterocycles. The van der Waals surface area contributed by atoms with E-state index in [1.54, 1.807) is 36.4 Å². The molecule has 0 spiro atoms. The number of nitrogens with zero attached hydrogens (tertiary/aromatic N) is 2. The van der Waals surface area contributed by atoms with Crippen molar-refractivity contribution in [1.82, 2.24) is 10.2 Å². The molecule has 0 amide bonds. The van der Waals surface area contributed by atoms with E-state index in [9.17, 15) is 4.79 Å². The van der Waals surface area contributed by atoms with Crippen LogP contribution in [0.2, 0.25) is 10.0 Å². The Morgan fingerprint density at radius 1 is 0.960 bits per heavy atom. The van der Waals surface area contributed by atoms with Crippen LogP contribution >= 0.6 is 23.2 Å². The SMILES string of the molecule is O=c1[nH][nH]c(-c2ccc3c(c2)OCO3)c1N=Nc1cc(Cl)ccc1Cl. The van der Waals surface area contributed by atoms with E-state index in [1.165, 1.54) is 0 Å². The van der Waals surface area contributed by atoms with Crippen LogP contribution in [0.25, 0.3) is 11.3 Å². The number of aromatic amines is 2. The van der Waals surface area contributed by atoms with Crippen molar-refractivity contribution in [1.29, 1.82) is 0 Å². The third-order valence-electron chi connectivity index (χ3n) is 3.58. The topological polar surface area (TPSA) is 91.8 Å². The summed E-state index contributed by atoms with van der Waals surface area (Å²) in [6.07, 6.45) is 0. The lowest BCUT2D eigenvalue weighted by molar-refractivity contribution is 0.174. The molecule has 1 aliphatic rings. The molecule has 2 aromatic carbocycles. The second-order valence-electron chi connectivity index (χ2n) is 5.17. The Kier molecular flexibility index (Phi) is 3.95. The lowest BCUT2D eigenvalue weighted by atomic mass is 10.1. The quantitative estimate of drug-likeness (QED) is 0.641. The number of hydrogen-bond donors (Lipinski definition) is 2. The van der Waals surface area contributed by atoms with Gasteiger partial charge in [-0.3, -0.25) is 15.0 Å². The van der Waals surface area contributed by atoms with Gasteiger partial charge in [-0.25, -0.2) is 0 Å². The van der Waals surface area contributed by atoms with E-state index in [0.29, 0.717) is 38.5 Å². The molecule has 0 saturated heterocycles. The first-order chi connectivity index (χ1) is 12.1. The number of rotatable bonds is 3. The molecule has 0 atom stereocenters. The highest BCUT2D eigenvalue weighted by molar-refractivity contribution is 6.35. The number of aromatic nitrogens is 2. The lowest BCUT2D eigenvalue weighted by Crippen LogP contribution is -1.96. The van der Waals surface area contributed by atoms with Gasteiger partial charge in [-0.05, 0) is 36.4 Å². The van der Waals surface area contributed by atoms with Crippen molar-refractivity contribution < 1.29 is 9.47 Å². The van der Waals surface area contributed by atoms with Gasteiger partial charge in [0.15, 0.2) is 17.2 Å². The van der Waals surface area contributed by atoms with Crippen LogP contribution < -0.4 is 15.0 Å². The van der Waals surface area contributed by atoms with Crippen molar-refractivity contribution in [2.45, 2.75) is 0 Å². The van der Waals surface area contributed by atoms with Crippen LogP contribution in [0.4, 0.5) is 11.4 Å². The van der Waals surface area contributed by atoms with Gasteiger partial charge in [0.2, 0.25) is 6.79 Å². The van der Waals surface area contributed by atoms with E-state index in [1.807, 2.05) is 0 Å². The molecule has 1 aromatic heterocycles. The maximum atomic E-state index is 12.1. The van der Waals surface area contributed by atoms with Crippen molar-refractivity contribution in [2.75, 3.05) is 6.79 Å². The highest BCUT2D eigenvalue weighted by atomic mass is 35.5. The predicted octanol–water partition coefficient (Wildman–Crippen LogP) is 4.82. The molecule has 4 rings (SSSR count). The summed E-state index contributed by atoms with van der Waals surface area (Å²) in [7, 11) is 0. The first-order valence-electron chi connectivity index (χ1n) is 7.19. The molecule has 0 saturated carbocycles. The average Bonchev–Trinajstić information content (AvgIpc) is 3.21. The number of hydrogen-bond acceptors (Lipinski definition) is 5. The van der Waals surface area contributed by atoms with Gasteiger partial charge >= 0.3 is 0 Å². The van der Waals surface area contributed by atoms with E-state index >= 15 is 0 Å². The smallest absolute Gasteiger partial charge is 0.292 e. The summed E-state index contributed by atoms with van der Waals surface area (Å²) in [6, 6.07) is 10.1. The van der Waals surface area contributed by atoms with Gasteiger partial charge in [-0.15, -0.1) is 10.2 Å². The second kappa shape index (κ2) is 6.27. The first-order valence-corrected chi connectivity index (χ1v) is 7.95. The standard InChI is InChI=1S/C16H10Cl2N4O3/c17-9-2-3-10(18)11(6-9)19-21-15-14(20-22-16(15)23)8-1-4-12-13(5-8)25-7-24-12/h1-6H,7H2,(H2,20,22,23). The Balaban J connectivity index is 1.74. The average molecular weight is 377 g/mol. The molecule has 7 nitrogen and oxygen atoms in total. The van der Waals surface area contributed by atoms with Gasteiger partial charge in [-0.2, -0.15) is 0 Å². The maximum absolute atomic E-state index is 12.1. The number of H-pyrrole nitrogens is 2. The molecular formula is C16H10Cl2N4O3. The molecule has 2 heterocycles. The molecule has 2 N–H and O–H groups in total. The zero-order valence-electron chi connectivity index (χ0n) is 12.5. The van der Waals surface area contributed by atoms with Crippen molar-refractivity contribution in [3.05, 3.63) is 56.8 Å². The molecule has 0 bridgehead atoms. The van der Waals surface area contributed by atoms with Crippen LogP contribution in [0.15, 0.2) is 51.4 Å². The number of ether oxygens (including phenoxy) is 2. The Morgan fingerprint density at radius 3 is 2.68 bits per heavy atom. The minimum atomic E-state index is -0.408. The zero-order chi connectivity index (χ0) is 17.4. The molecule has 25 heavy (non-hydrogen) atoms. The highest BCUT2D eigenvalue weighted by Crippen LogP contribution is 2.37. The zero-order valence-corrected chi connectivity index (χ0v) is 14.1. The summed E-state index contributed by atoms with van der Waals surface area (Å²) in [5.41, 5.74) is 1.26. The largest absolute Gasteiger partial charge is 0.454 e. The van der Waals surface area contributed by atoms with E-state index in [0.717, 1.165) is 0 Å². The molecule has 3 aromatic rings. The van der Waals surface area contributed by atoms with E-state index < -0.39 is 5.56 Å². The number of fused-ring (bicyclic) bond motifs is 1. The van der Waals surface area contributed by atoms with Gasteiger partial charge in [0, 0.05) is 10.6 Å². The molecule has 9 heteroatoms. The predicted molar refractivity (Wildman–Crippen MR) is 93.6 cm³/mol. The molecule has 0 unspecified atom stereocenters. The fraction of sp³-hybridized carbons (Fsp3) is 0.0625. The van der Waals surface area contributed by atoms with E-state index in [-0.39, 0.29) is 12.5 Å². The molecule has 0 radical (unpaired) electrons. The monoisotopic (exact) mass is 376 g/mol. The van der Waals surface area contributed by atoms with Crippen LogP contribution in [0.5, 0.6) is 11.5 Å². The van der Waals surface area contributed by atoms with E-state index in [2.05, 4.69) is 20.4 Å². The Hall–Kier alpha value is -2.77. The van der Waals surface area contributed by atoms with Crippen molar-refractivity contribution in [2.24, 2.45) is 10.2 Å². The molecular weight excluding hydrogens is 367 g/mol. The highest BCUT2D eigenvalue weighted by Gasteiger charge is 2.17. The van der Waals surface area contributed by atoms with Crippen LogP contribution in [0, 0.1) is 0 Å². The van der Waals surface area contributed by atoms with Gasteiger partial charge in [0.1, 0.15) is 5.69 Å². The van der Waals surface area contributed by atoms with Crippen LogP contribution in [0.1, 0.15) is 0 Å². The van der Waals surface area contributed by atoms with Crippen molar-refractivity contribution in [3.63, 3.8) is 0 Å². The van der Waals surface area contributed by atoms with Crippen LogP contribution in [0.3, 0.4) is 0 Å². The third-order valence-corrected chi connectivity index (χ3v) is 4.13. The van der Waals surface area contributed by atoms with Crippen molar-refractivity contribution >= 4 is 34.6 Å². The van der Waals surface area contributed by atoms with Gasteiger partial charge in [0.25, 0.3) is 5.56 Å². The maximum Gasteiger partial charge on any atom is 0.292 e. The first kappa shape index (κ1) is 15.7. The number of nitrogens with one attached hydrogen (secondary N) is 2. The Labute approximate surface area is 151 Å². The summed E-state index contributed by atoms with van der Waals surface area (Å²) in [5.74, 6) is 1.25.